The van der Waals surface area contributed by atoms with E-state index in [2.05, 4.69) is 55.6 Å². The fourth-order valence-electron chi connectivity index (χ4n) is 9.49. The lowest BCUT2D eigenvalue weighted by atomic mass is 9.83. The molecule has 5 amide bonds. The van der Waals surface area contributed by atoms with E-state index in [0.717, 1.165) is 16.9 Å². The normalized spacial score (nSPS) is 25.1. The quantitative estimate of drug-likeness (QED) is 0.0720. The minimum absolute atomic E-state index is 0.0521. The molecule has 18 heteroatoms. The van der Waals surface area contributed by atoms with Gasteiger partial charge in [-0.1, -0.05) is 112 Å². The third kappa shape index (κ3) is 13.6. The zero-order valence-corrected chi connectivity index (χ0v) is 44.0. The molecule has 0 bridgehead atoms. The Balaban J connectivity index is 1.04. The van der Waals surface area contributed by atoms with Gasteiger partial charge in [-0.25, -0.2) is 0 Å². The number of fused-ring (bicyclic) bond motifs is 2. The minimum atomic E-state index is -0.760. The van der Waals surface area contributed by atoms with E-state index in [-0.39, 0.29) is 72.8 Å². The van der Waals surface area contributed by atoms with Crippen LogP contribution in [0.4, 0.5) is 0 Å². The first kappa shape index (κ1) is 54.7. The third-order valence-corrected chi connectivity index (χ3v) is 16.5. The van der Waals surface area contributed by atoms with Crippen LogP contribution in [0.15, 0.2) is 60.7 Å². The zero-order valence-electron chi connectivity index (χ0n) is 41.6. The van der Waals surface area contributed by atoms with E-state index in [1.54, 1.807) is 47.3 Å². The molecular formula is C52H70N8O7S3. The molecule has 4 saturated heterocycles. The summed E-state index contributed by atoms with van der Waals surface area (Å²) >= 11 is 8.96. The second-order valence-electron chi connectivity index (χ2n) is 19.6. The topological polar surface area (TPSA) is 182 Å². The lowest BCUT2D eigenvalue weighted by molar-refractivity contribution is -0.144. The van der Waals surface area contributed by atoms with Crippen LogP contribution in [0.2, 0.25) is 0 Å². The molecule has 2 aromatic rings. The van der Waals surface area contributed by atoms with Crippen molar-refractivity contribution >= 4 is 70.3 Å². The van der Waals surface area contributed by atoms with Crippen LogP contribution in [0.3, 0.4) is 0 Å². The Hall–Kier alpha value is -4.66. The Morgan fingerprint density at radius 1 is 0.686 bits per heavy atom. The largest absolute Gasteiger partial charge is 0.367 e. The fraction of sp³-hybridized carbons (Fsp3) is 0.577. The number of carbonyl (C=O) groups excluding carboxylic acids is 5. The summed E-state index contributed by atoms with van der Waals surface area (Å²) in [5, 5.41) is 18.3. The molecular weight excluding hydrogens is 945 g/mol. The van der Waals surface area contributed by atoms with Gasteiger partial charge in [0, 0.05) is 0 Å². The molecule has 4 fully saturated rings. The number of thioether (sulfide) groups is 2. The Morgan fingerprint density at radius 3 is 1.51 bits per heavy atom. The molecule has 4 aliphatic heterocycles. The predicted molar refractivity (Wildman–Crippen MR) is 280 cm³/mol. The van der Waals surface area contributed by atoms with Gasteiger partial charge in [-0.3, -0.25) is 24.0 Å². The molecule has 0 saturated carbocycles. The second kappa shape index (κ2) is 25.1. The molecule has 0 aromatic heterocycles. The Bertz CT molecular complexity index is 2140. The average molecular weight is 1020 g/mol. The number of carbonyl (C=O) groups is 5. The summed E-state index contributed by atoms with van der Waals surface area (Å²) in [5.41, 5.74) is 0.696. The summed E-state index contributed by atoms with van der Waals surface area (Å²) in [6.07, 6.45) is 2.42. The maximum absolute atomic E-state index is 14.4. The van der Waals surface area contributed by atoms with E-state index in [4.69, 9.17) is 21.7 Å². The summed E-state index contributed by atoms with van der Waals surface area (Å²) < 4.78 is 12.0. The van der Waals surface area contributed by atoms with E-state index in [0.29, 0.717) is 36.4 Å². The molecule has 15 nitrogen and oxygen atoms in total. The number of rotatable bonds is 18. The van der Waals surface area contributed by atoms with Crippen molar-refractivity contribution in [2.45, 2.75) is 126 Å². The fourth-order valence-corrected chi connectivity index (χ4v) is 12.9. The highest BCUT2D eigenvalue weighted by Crippen LogP contribution is 2.48. The summed E-state index contributed by atoms with van der Waals surface area (Å²) in [7, 11) is 3.52. The number of hydrogen-bond acceptors (Lipinski definition) is 12. The van der Waals surface area contributed by atoms with Crippen LogP contribution in [-0.2, 0) is 33.4 Å². The molecule has 2 aromatic carbocycles. The van der Waals surface area contributed by atoms with Gasteiger partial charge >= 0.3 is 0 Å². The Kier molecular flexibility index (Phi) is 19.6. The van der Waals surface area contributed by atoms with Gasteiger partial charge in [0.2, 0.25) is 29.5 Å². The number of likely N-dealkylation sites (N-methyl/N-ethyl adjacent to an activating group) is 2. The first-order valence-corrected chi connectivity index (χ1v) is 26.6. The number of amides is 5. The molecule has 0 spiro atoms. The number of nitrogens with zero attached hydrogens (tertiary/aromatic N) is 2. The van der Waals surface area contributed by atoms with E-state index < -0.39 is 53.1 Å². The van der Waals surface area contributed by atoms with Crippen LogP contribution in [0, 0.1) is 34.5 Å². The van der Waals surface area contributed by atoms with Crippen molar-refractivity contribution in [3.8, 4) is 23.7 Å². The molecule has 6 rings (SSSR count). The van der Waals surface area contributed by atoms with Crippen LogP contribution in [0.5, 0.6) is 0 Å². The maximum atomic E-state index is 14.4. The van der Waals surface area contributed by atoms with Crippen LogP contribution in [0.1, 0.15) is 90.4 Å². The number of nitrogens with one attached hydrogen (secondary N) is 6. The first-order valence-electron chi connectivity index (χ1n) is 24.1. The van der Waals surface area contributed by atoms with Crippen LogP contribution in [-0.4, -0.2) is 143 Å². The predicted octanol–water partition coefficient (Wildman–Crippen LogP) is 3.91. The molecule has 378 valence electrons. The number of thiocarbonyl (C=S) groups is 1. The zero-order chi connectivity index (χ0) is 50.6. The highest BCUT2D eigenvalue weighted by atomic mass is 32.2. The summed E-state index contributed by atoms with van der Waals surface area (Å²) in [5.74, 6) is 11.8. The third-order valence-electron chi connectivity index (χ3n) is 13.6. The minimum Gasteiger partial charge on any atom is -0.367 e. The highest BCUT2D eigenvalue weighted by molar-refractivity contribution is 8.00. The van der Waals surface area contributed by atoms with Crippen LogP contribution in [0.25, 0.3) is 0 Å². The van der Waals surface area contributed by atoms with Gasteiger partial charge in [-0.05, 0) is 98.9 Å². The van der Waals surface area contributed by atoms with Gasteiger partial charge in [0.05, 0.1) is 53.1 Å². The molecule has 0 radical (unpaired) electrons. The van der Waals surface area contributed by atoms with E-state index in [1.165, 1.54) is 0 Å². The van der Waals surface area contributed by atoms with Crippen molar-refractivity contribution in [1.82, 2.24) is 41.7 Å². The smallest absolute Gasteiger partial charge is 0.246 e. The van der Waals surface area contributed by atoms with Gasteiger partial charge in [0.1, 0.15) is 37.4 Å². The van der Waals surface area contributed by atoms with Crippen molar-refractivity contribution in [2.75, 3.05) is 52.0 Å². The molecule has 0 unspecified atom stereocenters. The molecule has 10 atom stereocenters. The van der Waals surface area contributed by atoms with Crippen LogP contribution < -0.4 is 31.9 Å². The van der Waals surface area contributed by atoms with Gasteiger partial charge < -0.3 is 51.2 Å². The SMILES string of the molecule is CN[C@@H](C)C(=O)N[C@H]1CCS[C@H]2CC(C)(C)[C@@H](C(=O)N[C@H](COCC#CC#CCOC[C@@H](NC(=O)[C@H]3N4C(=O)[C@@H](NC(=S)[C@H](C)NC)CCS[C@H]4CC3(C)C)c3ccccc3)c3ccccc3)N2C1=O. The lowest BCUT2D eigenvalue weighted by Gasteiger charge is -2.35. The van der Waals surface area contributed by atoms with Crippen molar-refractivity contribution in [3.63, 3.8) is 0 Å². The van der Waals surface area contributed by atoms with Crippen molar-refractivity contribution in [2.24, 2.45) is 10.8 Å². The van der Waals surface area contributed by atoms with E-state index in [9.17, 15) is 24.0 Å². The number of benzene rings is 2. The molecule has 4 heterocycles. The monoisotopic (exact) mass is 1010 g/mol. The molecule has 70 heavy (non-hydrogen) atoms. The average Bonchev–Trinajstić information content (AvgIpc) is 3.66. The maximum Gasteiger partial charge on any atom is 0.246 e. The van der Waals surface area contributed by atoms with Gasteiger partial charge in [0.15, 0.2) is 0 Å². The van der Waals surface area contributed by atoms with Gasteiger partial charge in [-0.2, -0.15) is 0 Å². The van der Waals surface area contributed by atoms with Crippen LogP contribution >= 0.6 is 35.7 Å². The van der Waals surface area contributed by atoms with E-state index >= 15 is 0 Å². The number of hydrogen-bond donors (Lipinski definition) is 6. The summed E-state index contributed by atoms with van der Waals surface area (Å²) in [6.45, 7) is 12.2. The molecule has 6 N–H and O–H groups in total. The molecule has 4 aliphatic rings. The number of ether oxygens (including phenoxy) is 2. The standard InChI is InChI=1S/C52H70N8O7S3/c1-33(53-7)45(61)55-37-23-27-69-41-29-51(3,4)43(59(41)49(37)64)46(62)56-39(35-19-13-11-14-20-35)31-66-25-17-9-10-18-26-67-32-40(36-21-15-12-16-22-36)57-47(63)44-52(5,6)30-42-60(44)50(65)38(24-28-70-42)58-48(68)34(2)54-8/h11-16,19-22,33-34,37-44,53-54H,23-32H2,1-8H3,(H,55,61)(H,56,62)(H,57,63)(H,58,68)/t33-,34-,37-,38-,39+,40+,41-,42-,43+,44+/m0/s1. The highest BCUT2D eigenvalue weighted by Gasteiger charge is 2.56. The first-order chi connectivity index (χ1) is 33.5. The summed E-state index contributed by atoms with van der Waals surface area (Å²) in [6, 6.07) is 14.8. The lowest BCUT2D eigenvalue weighted by Crippen LogP contribution is -2.58. The molecule has 0 aliphatic carbocycles. The Labute approximate surface area is 428 Å². The van der Waals surface area contributed by atoms with Crippen molar-refractivity contribution in [3.05, 3.63) is 71.8 Å². The van der Waals surface area contributed by atoms with Gasteiger partial charge in [0.25, 0.3) is 0 Å². The second-order valence-corrected chi connectivity index (χ2v) is 22.6. The summed E-state index contributed by atoms with van der Waals surface area (Å²) in [4.78, 5) is 73.8. The van der Waals surface area contributed by atoms with Crippen molar-refractivity contribution < 1.29 is 33.4 Å². The Morgan fingerprint density at radius 2 is 1.10 bits per heavy atom. The van der Waals surface area contributed by atoms with Crippen molar-refractivity contribution in [1.29, 1.82) is 0 Å². The van der Waals surface area contributed by atoms with Gasteiger partial charge in [-0.15, -0.1) is 23.5 Å². The van der Waals surface area contributed by atoms with E-state index in [1.807, 2.05) is 102 Å².